The second kappa shape index (κ2) is 9.68. The van der Waals surface area contributed by atoms with Crippen LogP contribution in [0.5, 0.6) is 5.75 Å². The van der Waals surface area contributed by atoms with Crippen molar-refractivity contribution in [3.63, 3.8) is 0 Å². The van der Waals surface area contributed by atoms with Gasteiger partial charge < -0.3 is 15.0 Å². The van der Waals surface area contributed by atoms with Gasteiger partial charge in [-0.2, -0.15) is 13.2 Å². The van der Waals surface area contributed by atoms with Crippen LogP contribution in [0, 0.1) is 17.0 Å². The number of aryl methyl sites for hydroxylation is 1. The van der Waals surface area contributed by atoms with Crippen LogP contribution in [0.4, 0.5) is 24.5 Å². The standard InChI is InChI=1S/C25H20F3N3O5/c1-15-3-2-4-20-22(29-21(32)14-36-23(15)20)24(33)30(18-9-11-19(12-10-18)31(34)35)13-16-5-7-17(8-6-16)25(26,27)28/h2-12,22H,13-14H2,1H3,(H,29,32). The van der Waals surface area contributed by atoms with Crippen LogP contribution in [0.2, 0.25) is 0 Å². The summed E-state index contributed by atoms with van der Waals surface area (Å²) in [5.74, 6) is -0.732. The topological polar surface area (TPSA) is 102 Å². The van der Waals surface area contributed by atoms with Gasteiger partial charge in [0.25, 0.3) is 17.5 Å². The Labute approximate surface area is 203 Å². The molecule has 186 valence electrons. The molecule has 3 aromatic carbocycles. The molecule has 0 aromatic heterocycles. The van der Waals surface area contributed by atoms with Crippen LogP contribution in [-0.4, -0.2) is 23.3 Å². The maximum atomic E-state index is 13.9. The number of nitrogens with one attached hydrogen (secondary N) is 1. The van der Waals surface area contributed by atoms with Gasteiger partial charge >= 0.3 is 6.18 Å². The summed E-state index contributed by atoms with van der Waals surface area (Å²) >= 11 is 0. The predicted molar refractivity (Wildman–Crippen MR) is 123 cm³/mol. The van der Waals surface area contributed by atoms with Gasteiger partial charge in [-0.15, -0.1) is 0 Å². The van der Waals surface area contributed by atoms with Crippen molar-refractivity contribution in [3.05, 3.63) is 99.1 Å². The lowest BCUT2D eigenvalue weighted by molar-refractivity contribution is -0.384. The minimum atomic E-state index is -4.52. The second-order valence-corrected chi connectivity index (χ2v) is 8.18. The molecule has 0 saturated carbocycles. The molecule has 3 aromatic rings. The molecular weight excluding hydrogens is 479 g/mol. The van der Waals surface area contributed by atoms with Crippen LogP contribution in [0.25, 0.3) is 0 Å². The number of carbonyl (C=O) groups is 2. The number of amides is 2. The van der Waals surface area contributed by atoms with Crippen LogP contribution >= 0.6 is 0 Å². The maximum absolute atomic E-state index is 13.9. The number of benzene rings is 3. The third-order valence-corrected chi connectivity index (χ3v) is 5.71. The number of ether oxygens (including phenoxy) is 1. The van der Waals surface area contributed by atoms with E-state index in [1.54, 1.807) is 25.1 Å². The summed E-state index contributed by atoms with van der Waals surface area (Å²) in [6.07, 6.45) is -4.52. The van der Waals surface area contributed by atoms with Crippen molar-refractivity contribution in [3.8, 4) is 5.75 Å². The van der Waals surface area contributed by atoms with Crippen LogP contribution in [0.15, 0.2) is 66.7 Å². The zero-order valence-corrected chi connectivity index (χ0v) is 18.9. The highest BCUT2D eigenvalue weighted by Gasteiger charge is 2.34. The Morgan fingerprint density at radius 3 is 2.39 bits per heavy atom. The SMILES string of the molecule is Cc1cccc2c1OCC(=O)NC2C(=O)N(Cc1ccc(C(F)(F)F)cc1)c1ccc([N+](=O)[O-])cc1. The van der Waals surface area contributed by atoms with Crippen LogP contribution in [0.3, 0.4) is 0 Å². The van der Waals surface area contributed by atoms with Crippen LogP contribution < -0.4 is 15.0 Å². The Hall–Kier alpha value is -4.41. The summed E-state index contributed by atoms with van der Waals surface area (Å²) in [5.41, 5.74) is 0.751. The van der Waals surface area contributed by atoms with Crippen molar-refractivity contribution >= 4 is 23.2 Å². The molecule has 1 N–H and O–H groups in total. The van der Waals surface area contributed by atoms with Gasteiger partial charge in [-0.3, -0.25) is 19.7 Å². The van der Waals surface area contributed by atoms with Gasteiger partial charge in [-0.1, -0.05) is 30.3 Å². The number of para-hydroxylation sites is 1. The number of nitrogens with zero attached hydrogens (tertiary/aromatic N) is 2. The van der Waals surface area contributed by atoms with Crippen LogP contribution in [-0.2, 0) is 22.3 Å². The molecule has 36 heavy (non-hydrogen) atoms. The number of alkyl halides is 3. The first kappa shape index (κ1) is 24.7. The fraction of sp³-hybridized carbons (Fsp3) is 0.200. The molecular formula is C25H20F3N3O5. The number of nitro benzene ring substituents is 1. The number of non-ortho nitro benzene ring substituents is 1. The summed E-state index contributed by atoms with van der Waals surface area (Å²) in [4.78, 5) is 38.0. The van der Waals surface area contributed by atoms with Gasteiger partial charge in [-0.25, -0.2) is 0 Å². The molecule has 1 unspecified atom stereocenters. The monoisotopic (exact) mass is 499 g/mol. The molecule has 8 nitrogen and oxygen atoms in total. The van der Waals surface area contributed by atoms with E-state index in [2.05, 4.69) is 5.32 Å². The lowest BCUT2D eigenvalue weighted by Gasteiger charge is -2.28. The van der Waals surface area contributed by atoms with E-state index in [4.69, 9.17) is 4.74 Å². The first-order chi connectivity index (χ1) is 17.0. The van der Waals surface area contributed by atoms with E-state index in [0.717, 1.165) is 12.1 Å². The maximum Gasteiger partial charge on any atom is 0.416 e. The van der Waals surface area contributed by atoms with E-state index in [1.807, 2.05) is 0 Å². The molecule has 1 aliphatic heterocycles. The van der Waals surface area contributed by atoms with Gasteiger partial charge in [0.1, 0.15) is 11.8 Å². The highest BCUT2D eigenvalue weighted by molar-refractivity contribution is 6.00. The summed E-state index contributed by atoms with van der Waals surface area (Å²) in [5, 5.41) is 13.7. The average molecular weight is 499 g/mol. The first-order valence-electron chi connectivity index (χ1n) is 10.8. The van der Waals surface area contributed by atoms with E-state index < -0.39 is 34.5 Å². The van der Waals surface area contributed by atoms with Crippen LogP contribution in [0.1, 0.15) is 28.3 Å². The average Bonchev–Trinajstić information content (AvgIpc) is 3.01. The van der Waals surface area contributed by atoms with E-state index in [9.17, 15) is 32.9 Å². The number of nitro groups is 1. The summed E-state index contributed by atoms with van der Waals surface area (Å²) < 4.78 is 44.6. The third kappa shape index (κ3) is 5.14. The third-order valence-electron chi connectivity index (χ3n) is 5.71. The normalized spacial score (nSPS) is 15.2. The Morgan fingerprint density at radius 1 is 1.11 bits per heavy atom. The number of anilines is 1. The minimum Gasteiger partial charge on any atom is -0.483 e. The molecule has 0 radical (unpaired) electrons. The highest BCUT2D eigenvalue weighted by Crippen LogP contribution is 2.34. The molecule has 4 rings (SSSR count). The minimum absolute atomic E-state index is 0.150. The lowest BCUT2D eigenvalue weighted by atomic mass is 10.0. The molecule has 1 atom stereocenters. The van der Waals surface area contributed by atoms with Crippen molar-refractivity contribution in [2.45, 2.75) is 25.7 Å². The van der Waals surface area contributed by atoms with Crippen molar-refractivity contribution < 1.29 is 32.4 Å². The van der Waals surface area contributed by atoms with Gasteiger partial charge in [0.2, 0.25) is 0 Å². The molecule has 0 fully saturated rings. The van der Waals surface area contributed by atoms with Gasteiger partial charge in [-0.05, 0) is 42.3 Å². The summed E-state index contributed by atoms with van der Waals surface area (Å²) in [6.45, 7) is 1.33. The molecule has 0 aliphatic carbocycles. The van der Waals surface area contributed by atoms with Gasteiger partial charge in [0.05, 0.1) is 17.0 Å². The number of rotatable bonds is 5. The zero-order valence-electron chi connectivity index (χ0n) is 18.9. The number of hydrogen-bond donors (Lipinski definition) is 1. The summed E-state index contributed by atoms with van der Waals surface area (Å²) in [6, 6.07) is 13.5. The van der Waals surface area contributed by atoms with E-state index in [0.29, 0.717) is 22.4 Å². The number of hydrogen-bond acceptors (Lipinski definition) is 5. The molecule has 2 amide bonds. The lowest BCUT2D eigenvalue weighted by Crippen LogP contribution is -2.43. The Morgan fingerprint density at radius 2 is 1.78 bits per heavy atom. The first-order valence-corrected chi connectivity index (χ1v) is 10.8. The smallest absolute Gasteiger partial charge is 0.416 e. The summed E-state index contributed by atoms with van der Waals surface area (Å²) in [7, 11) is 0. The fourth-order valence-corrected chi connectivity index (χ4v) is 3.90. The molecule has 0 spiro atoms. The second-order valence-electron chi connectivity index (χ2n) is 8.18. The van der Waals surface area contributed by atoms with Crippen molar-refractivity contribution in [1.82, 2.24) is 5.32 Å². The predicted octanol–water partition coefficient (Wildman–Crippen LogP) is 4.71. The molecule has 0 saturated heterocycles. The Balaban J connectivity index is 1.75. The van der Waals surface area contributed by atoms with Crippen molar-refractivity contribution in [2.24, 2.45) is 0 Å². The quantitative estimate of drug-likeness (QED) is 0.405. The van der Waals surface area contributed by atoms with Gasteiger partial charge in [0.15, 0.2) is 6.61 Å². The molecule has 11 heteroatoms. The molecule has 1 aliphatic rings. The van der Waals surface area contributed by atoms with E-state index in [-0.39, 0.29) is 24.5 Å². The van der Waals surface area contributed by atoms with Crippen molar-refractivity contribution in [2.75, 3.05) is 11.5 Å². The fourth-order valence-electron chi connectivity index (χ4n) is 3.90. The van der Waals surface area contributed by atoms with Crippen molar-refractivity contribution in [1.29, 1.82) is 0 Å². The number of carbonyl (C=O) groups excluding carboxylic acids is 2. The molecule has 0 bridgehead atoms. The zero-order chi connectivity index (χ0) is 26.0. The highest BCUT2D eigenvalue weighted by atomic mass is 19.4. The van der Waals surface area contributed by atoms with E-state index in [1.165, 1.54) is 41.3 Å². The number of fused-ring (bicyclic) bond motifs is 1. The number of halogens is 3. The largest absolute Gasteiger partial charge is 0.483 e. The van der Waals surface area contributed by atoms with Gasteiger partial charge in [0, 0.05) is 23.4 Å². The molecule has 1 heterocycles. The Kier molecular flexibility index (Phi) is 6.65. The van der Waals surface area contributed by atoms with E-state index >= 15 is 0 Å². The Bertz CT molecular complexity index is 1310.